The van der Waals surface area contributed by atoms with E-state index in [-0.39, 0.29) is 11.8 Å². The molecule has 2 aromatic heterocycles. The number of carbonyl (C=O) groups is 1. The zero-order chi connectivity index (χ0) is 21.8. The van der Waals surface area contributed by atoms with Crippen LogP contribution in [0.5, 0.6) is 0 Å². The Morgan fingerprint density at radius 1 is 0.781 bits per heavy atom. The molecule has 2 aliphatic rings. The second-order valence-electron chi connectivity index (χ2n) is 8.43. The topological polar surface area (TPSA) is 65.5 Å². The summed E-state index contributed by atoms with van der Waals surface area (Å²) in [7, 11) is 0. The second kappa shape index (κ2) is 9.34. The van der Waals surface area contributed by atoms with E-state index in [0.29, 0.717) is 6.54 Å². The summed E-state index contributed by atoms with van der Waals surface area (Å²) in [6, 6.07) is 20.1. The molecule has 7 heteroatoms. The van der Waals surface area contributed by atoms with Crippen molar-refractivity contribution in [2.75, 3.05) is 49.1 Å². The largest absolute Gasteiger partial charge is 0.354 e. The molecule has 0 spiro atoms. The Balaban J connectivity index is 1.19. The molecule has 0 unspecified atom stereocenters. The number of piperidine rings is 1. The first kappa shape index (κ1) is 20.4. The van der Waals surface area contributed by atoms with Crippen LogP contribution >= 0.6 is 0 Å². The van der Waals surface area contributed by atoms with Gasteiger partial charge in [0, 0.05) is 51.0 Å². The van der Waals surface area contributed by atoms with Crippen LogP contribution in [0.4, 0.5) is 11.6 Å². The third-order valence-electron chi connectivity index (χ3n) is 6.38. The summed E-state index contributed by atoms with van der Waals surface area (Å²) in [6.45, 7) is 4.77. The van der Waals surface area contributed by atoms with Crippen LogP contribution in [0.2, 0.25) is 0 Å². The fraction of sp³-hybridized carbons (Fsp3) is 0.360. The van der Waals surface area contributed by atoms with Gasteiger partial charge in [-0.05, 0) is 37.1 Å². The fourth-order valence-corrected chi connectivity index (χ4v) is 4.60. The molecule has 1 atom stereocenters. The lowest BCUT2D eigenvalue weighted by Crippen LogP contribution is -2.52. The molecule has 0 bridgehead atoms. The van der Waals surface area contributed by atoms with E-state index in [2.05, 4.69) is 25.0 Å². The van der Waals surface area contributed by atoms with Crippen molar-refractivity contribution in [1.29, 1.82) is 0 Å². The summed E-state index contributed by atoms with van der Waals surface area (Å²) < 4.78 is 0. The van der Waals surface area contributed by atoms with Crippen LogP contribution in [0.1, 0.15) is 12.8 Å². The molecule has 2 aliphatic heterocycles. The van der Waals surface area contributed by atoms with Crippen molar-refractivity contribution in [3.05, 3.63) is 66.9 Å². The van der Waals surface area contributed by atoms with Gasteiger partial charge in [0.25, 0.3) is 0 Å². The van der Waals surface area contributed by atoms with Crippen LogP contribution in [0, 0.1) is 5.92 Å². The smallest absolute Gasteiger partial charge is 0.227 e. The standard InChI is InChI=1S/C25H28N6O/c32-25(30-17-15-29(16-18-30)23-10-4-5-13-26-23)21-9-6-14-31(19-21)24-12-11-22(27-28-24)20-7-2-1-3-8-20/h1-5,7-8,10-13,21H,6,9,14-19H2/t21-/m0/s1. The predicted octanol–water partition coefficient (Wildman–Crippen LogP) is 3.10. The van der Waals surface area contributed by atoms with E-state index < -0.39 is 0 Å². The molecule has 4 heterocycles. The molecule has 7 nitrogen and oxygen atoms in total. The van der Waals surface area contributed by atoms with E-state index in [1.807, 2.05) is 71.8 Å². The average molecular weight is 429 g/mol. The third kappa shape index (κ3) is 4.42. The second-order valence-corrected chi connectivity index (χ2v) is 8.43. The van der Waals surface area contributed by atoms with Gasteiger partial charge in [-0.1, -0.05) is 36.4 Å². The van der Waals surface area contributed by atoms with Crippen molar-refractivity contribution in [2.24, 2.45) is 5.92 Å². The SMILES string of the molecule is O=C([C@H]1CCCN(c2ccc(-c3ccccc3)nn2)C1)N1CCN(c2ccccn2)CC1. The van der Waals surface area contributed by atoms with Gasteiger partial charge in [-0.2, -0.15) is 0 Å². The number of amides is 1. The molecule has 2 fully saturated rings. The van der Waals surface area contributed by atoms with Gasteiger partial charge in [-0.25, -0.2) is 4.98 Å². The van der Waals surface area contributed by atoms with Gasteiger partial charge in [0.2, 0.25) is 5.91 Å². The highest BCUT2D eigenvalue weighted by Crippen LogP contribution is 2.25. The van der Waals surface area contributed by atoms with E-state index in [1.165, 1.54) is 0 Å². The van der Waals surface area contributed by atoms with Crippen molar-refractivity contribution in [1.82, 2.24) is 20.1 Å². The van der Waals surface area contributed by atoms with Crippen LogP contribution < -0.4 is 9.80 Å². The highest BCUT2D eigenvalue weighted by atomic mass is 16.2. The summed E-state index contributed by atoms with van der Waals surface area (Å²) in [4.78, 5) is 24.2. The minimum atomic E-state index is 0.0146. The van der Waals surface area contributed by atoms with Crippen molar-refractivity contribution >= 4 is 17.5 Å². The van der Waals surface area contributed by atoms with Crippen LogP contribution in [-0.2, 0) is 4.79 Å². The number of anilines is 2. The molecular formula is C25H28N6O. The Hall–Kier alpha value is -3.48. The lowest BCUT2D eigenvalue weighted by atomic mass is 9.96. The zero-order valence-electron chi connectivity index (χ0n) is 18.2. The molecule has 1 aromatic carbocycles. The minimum Gasteiger partial charge on any atom is -0.354 e. The first-order valence-electron chi connectivity index (χ1n) is 11.4. The number of benzene rings is 1. The van der Waals surface area contributed by atoms with Gasteiger partial charge in [0.05, 0.1) is 11.6 Å². The average Bonchev–Trinajstić information content (AvgIpc) is 2.89. The number of pyridine rings is 1. The fourth-order valence-electron chi connectivity index (χ4n) is 4.60. The summed E-state index contributed by atoms with van der Waals surface area (Å²) in [5.41, 5.74) is 1.92. The van der Waals surface area contributed by atoms with E-state index >= 15 is 0 Å². The molecule has 32 heavy (non-hydrogen) atoms. The first-order valence-corrected chi connectivity index (χ1v) is 11.4. The molecule has 164 valence electrons. The maximum absolute atomic E-state index is 13.2. The molecule has 0 aliphatic carbocycles. The Morgan fingerprint density at radius 3 is 2.31 bits per heavy atom. The van der Waals surface area contributed by atoms with E-state index in [1.54, 1.807) is 0 Å². The van der Waals surface area contributed by atoms with Crippen LogP contribution in [0.3, 0.4) is 0 Å². The maximum Gasteiger partial charge on any atom is 0.227 e. The zero-order valence-corrected chi connectivity index (χ0v) is 18.2. The molecule has 2 saturated heterocycles. The van der Waals surface area contributed by atoms with Crippen molar-refractivity contribution in [2.45, 2.75) is 12.8 Å². The molecule has 1 amide bonds. The minimum absolute atomic E-state index is 0.0146. The molecule has 0 radical (unpaired) electrons. The number of nitrogens with zero attached hydrogens (tertiary/aromatic N) is 6. The highest BCUT2D eigenvalue weighted by molar-refractivity contribution is 5.80. The van der Waals surface area contributed by atoms with Crippen LogP contribution in [0.25, 0.3) is 11.3 Å². The van der Waals surface area contributed by atoms with Crippen molar-refractivity contribution in [3.8, 4) is 11.3 Å². The Labute approximate surface area is 188 Å². The Kier molecular flexibility index (Phi) is 5.96. The number of hydrogen-bond acceptors (Lipinski definition) is 6. The molecule has 0 saturated carbocycles. The molecular weight excluding hydrogens is 400 g/mol. The predicted molar refractivity (Wildman–Crippen MR) is 125 cm³/mol. The van der Waals surface area contributed by atoms with Crippen LogP contribution in [-0.4, -0.2) is 65.3 Å². The van der Waals surface area contributed by atoms with Gasteiger partial charge >= 0.3 is 0 Å². The van der Waals surface area contributed by atoms with Crippen LogP contribution in [0.15, 0.2) is 66.9 Å². The lowest BCUT2D eigenvalue weighted by molar-refractivity contribution is -0.136. The number of rotatable bonds is 4. The van der Waals surface area contributed by atoms with Gasteiger partial charge < -0.3 is 14.7 Å². The number of piperazine rings is 1. The van der Waals surface area contributed by atoms with Gasteiger partial charge in [-0.3, -0.25) is 4.79 Å². The number of carbonyl (C=O) groups excluding carboxylic acids is 1. The maximum atomic E-state index is 13.2. The molecule has 0 N–H and O–H groups in total. The van der Waals surface area contributed by atoms with E-state index in [4.69, 9.17) is 0 Å². The number of aromatic nitrogens is 3. The molecule has 3 aromatic rings. The van der Waals surface area contributed by atoms with Gasteiger partial charge in [0.15, 0.2) is 5.82 Å². The summed E-state index contributed by atoms with van der Waals surface area (Å²) >= 11 is 0. The van der Waals surface area contributed by atoms with Crippen molar-refractivity contribution < 1.29 is 4.79 Å². The first-order chi connectivity index (χ1) is 15.8. The summed E-state index contributed by atoms with van der Waals surface area (Å²) in [6.07, 6.45) is 3.75. The summed E-state index contributed by atoms with van der Waals surface area (Å²) in [5.74, 6) is 2.12. The van der Waals surface area contributed by atoms with Gasteiger partial charge in [0.1, 0.15) is 5.82 Å². The van der Waals surface area contributed by atoms with Gasteiger partial charge in [-0.15, -0.1) is 10.2 Å². The normalized spacial score (nSPS) is 19.1. The van der Waals surface area contributed by atoms with E-state index in [0.717, 1.165) is 68.5 Å². The monoisotopic (exact) mass is 428 g/mol. The summed E-state index contributed by atoms with van der Waals surface area (Å²) in [5, 5.41) is 8.89. The molecule has 5 rings (SSSR count). The quantitative estimate of drug-likeness (QED) is 0.636. The van der Waals surface area contributed by atoms with E-state index in [9.17, 15) is 4.79 Å². The third-order valence-corrected chi connectivity index (χ3v) is 6.38. The Morgan fingerprint density at radius 2 is 1.59 bits per heavy atom. The van der Waals surface area contributed by atoms with Crippen molar-refractivity contribution in [3.63, 3.8) is 0 Å². The highest BCUT2D eigenvalue weighted by Gasteiger charge is 2.31. The number of hydrogen-bond donors (Lipinski definition) is 0. The lowest BCUT2D eigenvalue weighted by Gasteiger charge is -2.39. The Bertz CT molecular complexity index is 1020.